The van der Waals surface area contributed by atoms with Gasteiger partial charge in [-0.15, -0.1) is 0 Å². The van der Waals surface area contributed by atoms with Crippen molar-refractivity contribution in [2.45, 2.75) is 4.90 Å². The molecule has 21 heavy (non-hydrogen) atoms. The van der Waals surface area contributed by atoms with Crippen LogP contribution in [0.2, 0.25) is 0 Å². The Balaban J connectivity index is 2.52. The van der Waals surface area contributed by atoms with Crippen molar-refractivity contribution in [3.8, 4) is 0 Å². The zero-order chi connectivity index (χ0) is 15.6. The van der Waals surface area contributed by atoms with Gasteiger partial charge in [0.1, 0.15) is 10.7 Å². The number of halogens is 2. The van der Waals surface area contributed by atoms with Gasteiger partial charge >= 0.3 is 0 Å². The summed E-state index contributed by atoms with van der Waals surface area (Å²) in [6.45, 7) is 0. The van der Waals surface area contributed by atoms with E-state index in [4.69, 9.17) is 5.73 Å². The third kappa shape index (κ3) is 3.52. The Morgan fingerprint density at radius 1 is 1.14 bits per heavy atom. The lowest BCUT2D eigenvalue weighted by Gasteiger charge is -2.13. The molecule has 0 bridgehead atoms. The molecular formula is C13H13BrFN3O2S. The summed E-state index contributed by atoms with van der Waals surface area (Å²) in [5, 5.41) is 2.77. The molecule has 5 nitrogen and oxygen atoms in total. The van der Waals surface area contributed by atoms with Crippen molar-refractivity contribution in [3.05, 3.63) is 46.7 Å². The first kappa shape index (κ1) is 15.7. The first-order valence-corrected chi connectivity index (χ1v) is 8.16. The molecule has 0 aliphatic rings. The molecule has 0 aliphatic heterocycles. The minimum absolute atomic E-state index is 0.0515. The predicted molar refractivity (Wildman–Crippen MR) is 84.5 cm³/mol. The summed E-state index contributed by atoms with van der Waals surface area (Å²) in [6, 6.07) is 8.67. The van der Waals surface area contributed by atoms with Crippen molar-refractivity contribution in [3.63, 3.8) is 0 Å². The second-order valence-electron chi connectivity index (χ2n) is 4.21. The van der Waals surface area contributed by atoms with Gasteiger partial charge in [0.05, 0.1) is 11.4 Å². The second-order valence-corrected chi connectivity index (χ2v) is 6.98. The van der Waals surface area contributed by atoms with Crippen LogP contribution in [0, 0.1) is 5.82 Å². The lowest BCUT2D eigenvalue weighted by atomic mass is 10.2. The van der Waals surface area contributed by atoms with E-state index in [1.807, 2.05) is 0 Å². The number of hydrogen-bond donors (Lipinski definition) is 3. The quantitative estimate of drug-likeness (QED) is 0.719. The van der Waals surface area contributed by atoms with Crippen LogP contribution >= 0.6 is 15.9 Å². The third-order valence-electron chi connectivity index (χ3n) is 2.76. The average Bonchev–Trinajstić information content (AvgIpc) is 2.44. The smallest absolute Gasteiger partial charge is 0.242 e. The zero-order valence-electron chi connectivity index (χ0n) is 11.0. The van der Waals surface area contributed by atoms with Crippen molar-refractivity contribution in [2.75, 3.05) is 18.1 Å². The molecule has 0 spiro atoms. The molecule has 112 valence electrons. The van der Waals surface area contributed by atoms with Gasteiger partial charge < -0.3 is 11.1 Å². The van der Waals surface area contributed by atoms with E-state index in [-0.39, 0.29) is 16.3 Å². The first-order valence-electron chi connectivity index (χ1n) is 5.88. The lowest BCUT2D eigenvalue weighted by molar-refractivity contribution is 0.588. The van der Waals surface area contributed by atoms with Crippen LogP contribution in [0.1, 0.15) is 0 Å². The van der Waals surface area contributed by atoms with Gasteiger partial charge in [-0.25, -0.2) is 17.5 Å². The van der Waals surface area contributed by atoms with Crippen LogP contribution in [-0.2, 0) is 10.0 Å². The minimum Gasteiger partial charge on any atom is -0.399 e. The first-order chi connectivity index (χ1) is 9.83. The normalized spacial score (nSPS) is 11.4. The van der Waals surface area contributed by atoms with Gasteiger partial charge in [-0.05, 0) is 43.4 Å². The molecule has 0 unspecified atom stereocenters. The van der Waals surface area contributed by atoms with Crippen LogP contribution in [0.3, 0.4) is 0 Å². The van der Waals surface area contributed by atoms with Crippen LogP contribution < -0.4 is 15.8 Å². The fourth-order valence-corrected chi connectivity index (χ4v) is 2.99. The highest BCUT2D eigenvalue weighted by atomic mass is 79.9. The van der Waals surface area contributed by atoms with Gasteiger partial charge in [-0.1, -0.05) is 15.9 Å². The van der Waals surface area contributed by atoms with E-state index in [2.05, 4.69) is 26.0 Å². The Morgan fingerprint density at radius 3 is 2.52 bits per heavy atom. The summed E-state index contributed by atoms with van der Waals surface area (Å²) >= 11 is 3.24. The highest BCUT2D eigenvalue weighted by molar-refractivity contribution is 9.10. The van der Waals surface area contributed by atoms with E-state index in [9.17, 15) is 12.8 Å². The summed E-state index contributed by atoms with van der Waals surface area (Å²) in [6.07, 6.45) is 0. The van der Waals surface area contributed by atoms with Crippen LogP contribution in [0.15, 0.2) is 45.8 Å². The maximum atomic E-state index is 13.8. The monoisotopic (exact) mass is 373 g/mol. The van der Waals surface area contributed by atoms with E-state index < -0.39 is 15.8 Å². The van der Waals surface area contributed by atoms with Gasteiger partial charge in [-0.3, -0.25) is 0 Å². The van der Waals surface area contributed by atoms with Crippen molar-refractivity contribution >= 4 is 43.0 Å². The number of nitrogens with two attached hydrogens (primary N) is 1. The molecule has 0 aromatic heterocycles. The molecule has 0 atom stereocenters. The summed E-state index contributed by atoms with van der Waals surface area (Å²) in [7, 11) is -2.43. The highest BCUT2D eigenvalue weighted by Crippen LogP contribution is 2.29. The van der Waals surface area contributed by atoms with Crippen LogP contribution in [0.25, 0.3) is 0 Å². The molecule has 2 aromatic carbocycles. The number of sulfonamides is 1. The Labute approximate surface area is 130 Å². The van der Waals surface area contributed by atoms with Gasteiger partial charge in [0, 0.05) is 10.2 Å². The standard InChI is InChI=1S/C13H13BrFN3O2S/c1-17-21(19,20)13-7-9(16)3-5-11(13)18-12-6-8(14)2-4-10(12)15/h2-7,17-18H,16H2,1H3. The summed E-state index contributed by atoms with van der Waals surface area (Å²) in [5.74, 6) is -0.497. The topological polar surface area (TPSA) is 84.2 Å². The highest BCUT2D eigenvalue weighted by Gasteiger charge is 2.18. The molecule has 0 amide bonds. The zero-order valence-corrected chi connectivity index (χ0v) is 13.4. The van der Waals surface area contributed by atoms with E-state index in [1.165, 1.54) is 37.4 Å². The van der Waals surface area contributed by atoms with E-state index in [0.717, 1.165) is 0 Å². The van der Waals surface area contributed by atoms with E-state index in [1.54, 1.807) is 6.07 Å². The number of anilines is 3. The number of hydrogen-bond acceptors (Lipinski definition) is 4. The summed E-state index contributed by atoms with van der Waals surface area (Å²) in [4.78, 5) is -0.0515. The maximum Gasteiger partial charge on any atom is 0.242 e. The van der Waals surface area contributed by atoms with Crippen LogP contribution in [0.5, 0.6) is 0 Å². The molecule has 4 N–H and O–H groups in total. The molecule has 0 radical (unpaired) electrons. The molecule has 0 fully saturated rings. The molecule has 0 saturated carbocycles. The molecule has 0 saturated heterocycles. The molecule has 8 heteroatoms. The van der Waals surface area contributed by atoms with Gasteiger partial charge in [-0.2, -0.15) is 0 Å². The Morgan fingerprint density at radius 2 is 1.86 bits per heavy atom. The van der Waals surface area contributed by atoms with Crippen molar-refractivity contribution in [1.29, 1.82) is 0 Å². The van der Waals surface area contributed by atoms with Gasteiger partial charge in [0.15, 0.2) is 0 Å². The fourth-order valence-electron chi connectivity index (χ4n) is 1.71. The Kier molecular flexibility index (Phi) is 4.50. The SMILES string of the molecule is CNS(=O)(=O)c1cc(N)ccc1Nc1cc(Br)ccc1F. The third-order valence-corrected chi connectivity index (χ3v) is 4.71. The second kappa shape index (κ2) is 6.00. The Bertz CT molecular complexity index is 781. The van der Waals surface area contributed by atoms with E-state index >= 15 is 0 Å². The Hall–Kier alpha value is -1.64. The van der Waals surface area contributed by atoms with Crippen molar-refractivity contribution < 1.29 is 12.8 Å². The number of nitrogens with one attached hydrogen (secondary N) is 2. The minimum atomic E-state index is -3.72. The fraction of sp³-hybridized carbons (Fsp3) is 0.0769. The molecule has 2 rings (SSSR count). The maximum absolute atomic E-state index is 13.8. The number of nitrogen functional groups attached to an aromatic ring is 1. The number of benzene rings is 2. The predicted octanol–water partition coefficient (Wildman–Crippen LogP) is 2.82. The average molecular weight is 374 g/mol. The van der Waals surface area contributed by atoms with Gasteiger partial charge in [0.2, 0.25) is 10.0 Å². The molecular weight excluding hydrogens is 361 g/mol. The van der Waals surface area contributed by atoms with Crippen molar-refractivity contribution in [2.24, 2.45) is 0 Å². The van der Waals surface area contributed by atoms with E-state index in [0.29, 0.717) is 10.2 Å². The largest absolute Gasteiger partial charge is 0.399 e. The van der Waals surface area contributed by atoms with Crippen molar-refractivity contribution in [1.82, 2.24) is 4.72 Å². The summed E-state index contributed by atoms with van der Waals surface area (Å²) < 4.78 is 40.7. The molecule has 0 heterocycles. The van der Waals surface area contributed by atoms with Crippen LogP contribution in [-0.4, -0.2) is 15.5 Å². The summed E-state index contributed by atoms with van der Waals surface area (Å²) in [5.41, 5.74) is 6.31. The van der Waals surface area contributed by atoms with Crippen LogP contribution in [0.4, 0.5) is 21.5 Å². The molecule has 2 aromatic rings. The number of rotatable bonds is 4. The lowest BCUT2D eigenvalue weighted by Crippen LogP contribution is -2.20. The molecule has 0 aliphatic carbocycles. The van der Waals surface area contributed by atoms with Gasteiger partial charge in [0.25, 0.3) is 0 Å².